The van der Waals surface area contributed by atoms with Crippen LogP contribution >= 0.6 is 0 Å². The molecule has 1 amide bonds. The first-order chi connectivity index (χ1) is 11.6. The van der Waals surface area contributed by atoms with Gasteiger partial charge in [-0.1, -0.05) is 0 Å². The van der Waals surface area contributed by atoms with Gasteiger partial charge in [0.25, 0.3) is 5.91 Å². The third-order valence-corrected chi connectivity index (χ3v) is 3.95. The highest BCUT2D eigenvalue weighted by Gasteiger charge is 2.16. The largest absolute Gasteiger partial charge is 0.482 e. The molecule has 3 heterocycles. The number of anilines is 2. The first-order valence-corrected chi connectivity index (χ1v) is 7.71. The van der Waals surface area contributed by atoms with E-state index in [0.717, 1.165) is 22.8 Å². The molecular formula is C17H17N5O2. The topological polar surface area (TPSA) is 80.5 Å². The van der Waals surface area contributed by atoms with Gasteiger partial charge in [-0.25, -0.2) is 9.97 Å². The summed E-state index contributed by atoms with van der Waals surface area (Å²) < 4.78 is 7.47. The molecular weight excluding hydrogens is 306 g/mol. The summed E-state index contributed by atoms with van der Waals surface area (Å²) in [6.07, 6.45) is 1.83. The van der Waals surface area contributed by atoms with E-state index in [1.165, 1.54) is 0 Å². The number of aromatic nitrogens is 3. The van der Waals surface area contributed by atoms with Crippen LogP contribution < -0.4 is 15.4 Å². The molecule has 2 aromatic heterocycles. The van der Waals surface area contributed by atoms with Gasteiger partial charge in [-0.15, -0.1) is 0 Å². The van der Waals surface area contributed by atoms with Crippen molar-refractivity contribution in [2.24, 2.45) is 0 Å². The molecule has 3 aromatic rings. The van der Waals surface area contributed by atoms with Gasteiger partial charge in [0.1, 0.15) is 5.75 Å². The van der Waals surface area contributed by atoms with Gasteiger partial charge in [-0.05, 0) is 32.0 Å². The average molecular weight is 323 g/mol. The molecule has 1 aliphatic rings. The summed E-state index contributed by atoms with van der Waals surface area (Å²) in [5.41, 5.74) is 4.70. The molecule has 7 heteroatoms. The maximum Gasteiger partial charge on any atom is 0.262 e. The van der Waals surface area contributed by atoms with Crippen LogP contribution in [0.1, 0.15) is 17.1 Å². The molecule has 0 spiro atoms. The fourth-order valence-electron chi connectivity index (χ4n) is 2.90. The van der Waals surface area contributed by atoms with E-state index in [0.29, 0.717) is 23.8 Å². The Morgan fingerprint density at radius 2 is 2.21 bits per heavy atom. The Morgan fingerprint density at radius 3 is 3.08 bits per heavy atom. The van der Waals surface area contributed by atoms with Gasteiger partial charge in [0.2, 0.25) is 5.78 Å². The van der Waals surface area contributed by atoms with Crippen molar-refractivity contribution in [2.75, 3.05) is 17.2 Å². The number of fused-ring (bicyclic) bond motifs is 2. The van der Waals surface area contributed by atoms with E-state index >= 15 is 0 Å². The first-order valence-electron chi connectivity index (χ1n) is 7.71. The van der Waals surface area contributed by atoms with Crippen molar-refractivity contribution in [3.8, 4) is 5.75 Å². The predicted molar refractivity (Wildman–Crippen MR) is 90.4 cm³/mol. The monoisotopic (exact) mass is 323 g/mol. The summed E-state index contributed by atoms with van der Waals surface area (Å²) in [7, 11) is 0. The molecule has 0 aliphatic carbocycles. The van der Waals surface area contributed by atoms with Crippen LogP contribution in [0.2, 0.25) is 0 Å². The normalized spacial score (nSPS) is 13.3. The minimum Gasteiger partial charge on any atom is -0.482 e. The summed E-state index contributed by atoms with van der Waals surface area (Å²) >= 11 is 0. The van der Waals surface area contributed by atoms with Crippen LogP contribution in [0.25, 0.3) is 5.78 Å². The number of ether oxygens (including phenoxy) is 1. The second-order valence-corrected chi connectivity index (χ2v) is 5.83. The van der Waals surface area contributed by atoms with Gasteiger partial charge in [0.05, 0.1) is 24.1 Å². The van der Waals surface area contributed by atoms with Gasteiger partial charge < -0.3 is 15.4 Å². The Morgan fingerprint density at radius 1 is 1.33 bits per heavy atom. The number of amides is 1. The lowest BCUT2D eigenvalue weighted by Gasteiger charge is -2.18. The van der Waals surface area contributed by atoms with Gasteiger partial charge in [-0.2, -0.15) is 0 Å². The van der Waals surface area contributed by atoms with E-state index in [4.69, 9.17) is 4.74 Å². The van der Waals surface area contributed by atoms with Crippen molar-refractivity contribution < 1.29 is 9.53 Å². The molecule has 24 heavy (non-hydrogen) atoms. The van der Waals surface area contributed by atoms with E-state index in [-0.39, 0.29) is 12.5 Å². The molecule has 0 fully saturated rings. The van der Waals surface area contributed by atoms with Gasteiger partial charge in [-0.3, -0.25) is 9.20 Å². The van der Waals surface area contributed by atoms with Crippen LogP contribution in [-0.4, -0.2) is 26.9 Å². The van der Waals surface area contributed by atoms with Crippen molar-refractivity contribution in [3.63, 3.8) is 0 Å². The lowest BCUT2D eigenvalue weighted by atomic mass is 10.2. The average Bonchev–Trinajstić information content (AvgIpc) is 2.96. The van der Waals surface area contributed by atoms with Crippen molar-refractivity contribution in [1.29, 1.82) is 0 Å². The molecule has 1 aromatic carbocycles. The Bertz CT molecular complexity index is 948. The molecule has 0 saturated carbocycles. The Kier molecular flexibility index (Phi) is 3.34. The number of aryl methyl sites for hydroxylation is 2. The number of nitrogens with one attached hydrogen (secondary N) is 2. The third-order valence-electron chi connectivity index (χ3n) is 3.95. The van der Waals surface area contributed by atoms with E-state index in [1.807, 2.05) is 48.7 Å². The first kappa shape index (κ1) is 14.5. The second kappa shape index (κ2) is 5.52. The minimum absolute atomic E-state index is 0.0495. The van der Waals surface area contributed by atoms with Gasteiger partial charge in [0, 0.05) is 23.1 Å². The molecule has 1 aliphatic heterocycles. The van der Waals surface area contributed by atoms with Crippen LogP contribution in [-0.2, 0) is 11.3 Å². The van der Waals surface area contributed by atoms with Crippen LogP contribution in [0.15, 0.2) is 30.5 Å². The van der Waals surface area contributed by atoms with Crippen molar-refractivity contribution >= 4 is 23.1 Å². The standard InChI is InChI=1S/C17H17N5O2/c1-10-5-11(2)22-13(8-19-17(22)20-10)7-18-12-3-4-14-15(6-12)24-9-16(23)21-14/h3-6,8,18H,7,9H2,1-2H3,(H,21,23). The molecule has 7 nitrogen and oxygen atoms in total. The molecule has 2 N–H and O–H groups in total. The Labute approximate surface area is 138 Å². The molecule has 0 saturated heterocycles. The number of nitrogens with zero attached hydrogens (tertiary/aromatic N) is 3. The van der Waals surface area contributed by atoms with Crippen LogP contribution in [0.5, 0.6) is 5.75 Å². The number of carbonyl (C=O) groups is 1. The summed E-state index contributed by atoms with van der Waals surface area (Å²) in [4.78, 5) is 20.1. The number of hydrogen-bond acceptors (Lipinski definition) is 5. The van der Waals surface area contributed by atoms with Crippen molar-refractivity contribution in [1.82, 2.24) is 14.4 Å². The van der Waals surface area contributed by atoms with E-state index in [1.54, 1.807) is 0 Å². The SMILES string of the molecule is Cc1cc(C)n2c(CNc3ccc4c(c3)OCC(=O)N4)cnc2n1. The highest BCUT2D eigenvalue weighted by Crippen LogP contribution is 2.30. The maximum absolute atomic E-state index is 11.3. The molecule has 0 unspecified atom stereocenters. The highest BCUT2D eigenvalue weighted by atomic mass is 16.5. The van der Waals surface area contributed by atoms with Crippen LogP contribution in [0, 0.1) is 13.8 Å². The summed E-state index contributed by atoms with van der Waals surface area (Å²) in [6, 6.07) is 7.66. The zero-order chi connectivity index (χ0) is 16.7. The summed E-state index contributed by atoms with van der Waals surface area (Å²) in [5.74, 6) is 1.25. The fraction of sp³-hybridized carbons (Fsp3) is 0.235. The lowest BCUT2D eigenvalue weighted by Crippen LogP contribution is -2.25. The number of carbonyl (C=O) groups excluding carboxylic acids is 1. The van der Waals surface area contributed by atoms with Crippen molar-refractivity contribution in [2.45, 2.75) is 20.4 Å². The minimum atomic E-state index is -0.132. The fourth-order valence-corrected chi connectivity index (χ4v) is 2.90. The van der Waals surface area contributed by atoms with E-state index in [2.05, 4.69) is 20.6 Å². The second-order valence-electron chi connectivity index (χ2n) is 5.83. The van der Waals surface area contributed by atoms with E-state index in [9.17, 15) is 4.79 Å². The van der Waals surface area contributed by atoms with Crippen LogP contribution in [0.3, 0.4) is 0 Å². The predicted octanol–water partition coefficient (Wildman–Crippen LogP) is 2.29. The zero-order valence-corrected chi connectivity index (χ0v) is 13.5. The summed E-state index contributed by atoms with van der Waals surface area (Å²) in [6.45, 7) is 4.67. The van der Waals surface area contributed by atoms with Gasteiger partial charge in [0.15, 0.2) is 6.61 Å². The van der Waals surface area contributed by atoms with E-state index < -0.39 is 0 Å². The lowest BCUT2D eigenvalue weighted by molar-refractivity contribution is -0.118. The number of rotatable bonds is 3. The molecule has 122 valence electrons. The van der Waals surface area contributed by atoms with Gasteiger partial charge >= 0.3 is 0 Å². The highest BCUT2D eigenvalue weighted by molar-refractivity contribution is 5.95. The summed E-state index contributed by atoms with van der Waals surface area (Å²) in [5, 5.41) is 6.14. The smallest absolute Gasteiger partial charge is 0.262 e. The molecule has 0 radical (unpaired) electrons. The zero-order valence-electron chi connectivity index (χ0n) is 13.5. The van der Waals surface area contributed by atoms with Crippen molar-refractivity contribution in [3.05, 3.63) is 47.5 Å². The number of imidazole rings is 1. The number of benzene rings is 1. The quantitative estimate of drug-likeness (QED) is 0.773. The number of hydrogen-bond donors (Lipinski definition) is 2. The molecule has 4 rings (SSSR count). The Hall–Kier alpha value is -3.09. The molecule has 0 atom stereocenters. The van der Waals surface area contributed by atoms with Crippen LogP contribution in [0.4, 0.5) is 11.4 Å². The Balaban J connectivity index is 1.56. The molecule has 0 bridgehead atoms. The third kappa shape index (κ3) is 2.54. The maximum atomic E-state index is 11.3.